The molecule has 26 heavy (non-hydrogen) atoms. The topological polar surface area (TPSA) is 0 Å². The highest BCUT2D eigenvalue weighted by Crippen LogP contribution is 2.57. The molecule has 0 saturated carbocycles. The zero-order chi connectivity index (χ0) is 19.2. The second kappa shape index (κ2) is 6.41. The molecular formula is C26H34. The lowest BCUT2D eigenvalue weighted by Crippen LogP contribution is -2.32. The Balaban J connectivity index is 2.27. The van der Waals surface area contributed by atoms with E-state index in [2.05, 4.69) is 103 Å². The highest BCUT2D eigenvalue weighted by molar-refractivity contribution is 5.56. The molecule has 1 unspecified atom stereocenters. The third kappa shape index (κ3) is 3.52. The highest BCUT2D eigenvalue weighted by atomic mass is 14.5. The van der Waals surface area contributed by atoms with Crippen molar-refractivity contribution >= 4 is 0 Å². The number of allylic oxidation sites excluding steroid dienone is 8. The molecule has 3 rings (SSSR count). The summed E-state index contributed by atoms with van der Waals surface area (Å²) in [6.07, 6.45) is 15.9. The van der Waals surface area contributed by atoms with Gasteiger partial charge in [0.05, 0.1) is 0 Å². The quantitative estimate of drug-likeness (QED) is 0.525. The van der Waals surface area contributed by atoms with Crippen molar-refractivity contribution in [2.45, 2.75) is 72.1 Å². The van der Waals surface area contributed by atoms with Crippen molar-refractivity contribution in [1.82, 2.24) is 0 Å². The van der Waals surface area contributed by atoms with E-state index in [-0.39, 0.29) is 16.2 Å². The normalized spacial score (nSPS) is 24.6. The second-order valence-electron chi connectivity index (χ2n) is 10.2. The van der Waals surface area contributed by atoms with E-state index in [1.807, 2.05) is 0 Å². The van der Waals surface area contributed by atoms with Crippen LogP contribution in [0.4, 0.5) is 0 Å². The van der Waals surface area contributed by atoms with E-state index in [1.54, 1.807) is 5.56 Å². The molecule has 0 heteroatoms. The van der Waals surface area contributed by atoms with Crippen LogP contribution < -0.4 is 0 Å². The Kier molecular flexibility index (Phi) is 4.67. The van der Waals surface area contributed by atoms with Crippen molar-refractivity contribution in [2.24, 2.45) is 5.41 Å². The minimum atomic E-state index is 0.0710. The lowest BCUT2D eigenvalue weighted by molar-refractivity contribution is 0.261. The molecule has 0 aromatic heterocycles. The van der Waals surface area contributed by atoms with Crippen LogP contribution in [0.3, 0.4) is 0 Å². The molecule has 0 spiro atoms. The third-order valence-corrected chi connectivity index (χ3v) is 5.82. The Hall–Kier alpha value is -1.82. The minimum Gasteiger partial charge on any atom is -0.0620 e. The third-order valence-electron chi connectivity index (χ3n) is 5.82. The molecule has 0 N–H and O–H groups in total. The SMILES string of the molecule is CC1=CC=C(C2(CC(C)(C)C)CC(C)(C)c3ccc(C)cc32)C=CC=C1. The molecular weight excluding hydrogens is 312 g/mol. The summed E-state index contributed by atoms with van der Waals surface area (Å²) in [6.45, 7) is 16.4. The lowest BCUT2D eigenvalue weighted by Gasteiger charge is -2.39. The number of benzene rings is 1. The molecule has 0 fully saturated rings. The van der Waals surface area contributed by atoms with Gasteiger partial charge in [0.25, 0.3) is 0 Å². The van der Waals surface area contributed by atoms with Crippen LogP contribution in [0.2, 0.25) is 0 Å². The molecule has 0 heterocycles. The van der Waals surface area contributed by atoms with E-state index in [0.29, 0.717) is 0 Å². The summed E-state index contributed by atoms with van der Waals surface area (Å²) < 4.78 is 0. The second-order valence-corrected chi connectivity index (χ2v) is 10.2. The Bertz CT molecular complexity index is 814. The maximum Gasteiger partial charge on any atom is 0.0219 e. The van der Waals surface area contributed by atoms with Crippen LogP contribution in [0, 0.1) is 12.3 Å². The largest absolute Gasteiger partial charge is 0.0620 e. The zero-order valence-corrected chi connectivity index (χ0v) is 17.6. The Morgan fingerprint density at radius 2 is 1.62 bits per heavy atom. The van der Waals surface area contributed by atoms with E-state index in [4.69, 9.17) is 0 Å². The molecule has 0 nitrogen and oxygen atoms in total. The van der Waals surface area contributed by atoms with Crippen molar-refractivity contribution in [2.75, 3.05) is 0 Å². The summed E-state index contributed by atoms with van der Waals surface area (Å²) in [7, 11) is 0. The Morgan fingerprint density at radius 1 is 0.923 bits per heavy atom. The molecule has 0 bridgehead atoms. The Labute approximate surface area is 160 Å². The van der Waals surface area contributed by atoms with Crippen LogP contribution in [0.5, 0.6) is 0 Å². The van der Waals surface area contributed by atoms with Gasteiger partial charge in [-0.2, -0.15) is 0 Å². The number of fused-ring (bicyclic) bond motifs is 1. The molecule has 1 atom stereocenters. The van der Waals surface area contributed by atoms with Crippen LogP contribution >= 0.6 is 0 Å². The summed E-state index contributed by atoms with van der Waals surface area (Å²) in [5.74, 6) is 0. The van der Waals surface area contributed by atoms with E-state index in [0.717, 1.165) is 6.42 Å². The maximum absolute atomic E-state index is 2.45. The smallest absolute Gasteiger partial charge is 0.0219 e. The first-order valence-corrected chi connectivity index (χ1v) is 9.89. The van der Waals surface area contributed by atoms with Crippen molar-refractivity contribution < 1.29 is 0 Å². The zero-order valence-electron chi connectivity index (χ0n) is 17.6. The molecule has 138 valence electrons. The van der Waals surface area contributed by atoms with Gasteiger partial charge in [0, 0.05) is 5.41 Å². The summed E-state index contributed by atoms with van der Waals surface area (Å²) in [5, 5.41) is 0. The van der Waals surface area contributed by atoms with Crippen LogP contribution in [0.15, 0.2) is 65.8 Å². The van der Waals surface area contributed by atoms with E-state index in [9.17, 15) is 0 Å². The lowest BCUT2D eigenvalue weighted by atomic mass is 9.64. The van der Waals surface area contributed by atoms with E-state index in [1.165, 1.54) is 28.7 Å². The molecule has 2 aliphatic carbocycles. The molecule has 0 amide bonds. The van der Waals surface area contributed by atoms with Crippen LogP contribution in [0.25, 0.3) is 0 Å². The van der Waals surface area contributed by atoms with Gasteiger partial charge in [0.1, 0.15) is 0 Å². The van der Waals surface area contributed by atoms with Crippen LogP contribution in [-0.2, 0) is 10.8 Å². The van der Waals surface area contributed by atoms with Gasteiger partial charge < -0.3 is 0 Å². The standard InChI is InChI=1S/C26H34/c1-19-10-8-9-11-21(14-12-19)26(17-24(3,4)5)18-25(6,7)22-15-13-20(2)16-23(22)26/h8-16H,17-18H2,1-7H3. The van der Waals surface area contributed by atoms with Gasteiger partial charge in [-0.15, -0.1) is 0 Å². The average Bonchev–Trinajstić information content (AvgIpc) is 2.69. The summed E-state index contributed by atoms with van der Waals surface area (Å²) in [6, 6.07) is 7.11. The fourth-order valence-corrected chi connectivity index (χ4v) is 5.03. The fraction of sp³-hybridized carbons (Fsp3) is 0.462. The van der Waals surface area contributed by atoms with E-state index < -0.39 is 0 Å². The first kappa shape index (κ1) is 19.0. The number of aryl methyl sites for hydroxylation is 1. The fourth-order valence-electron chi connectivity index (χ4n) is 5.03. The first-order valence-electron chi connectivity index (χ1n) is 9.89. The van der Waals surface area contributed by atoms with Crippen molar-refractivity contribution in [3.63, 3.8) is 0 Å². The van der Waals surface area contributed by atoms with Gasteiger partial charge in [0.15, 0.2) is 0 Å². The predicted octanol–water partition coefficient (Wildman–Crippen LogP) is 7.35. The molecule has 2 aliphatic rings. The molecule has 0 saturated heterocycles. The average molecular weight is 347 g/mol. The van der Waals surface area contributed by atoms with Gasteiger partial charge >= 0.3 is 0 Å². The summed E-state index contributed by atoms with van der Waals surface area (Å²) in [4.78, 5) is 0. The van der Waals surface area contributed by atoms with E-state index >= 15 is 0 Å². The number of hydrogen-bond acceptors (Lipinski definition) is 0. The van der Waals surface area contributed by atoms with Gasteiger partial charge in [-0.3, -0.25) is 0 Å². The maximum atomic E-state index is 2.45. The summed E-state index contributed by atoms with van der Waals surface area (Å²) in [5.41, 5.74) is 7.72. The molecule has 0 aliphatic heterocycles. The van der Waals surface area contributed by atoms with Gasteiger partial charge in [-0.05, 0) is 54.2 Å². The minimum absolute atomic E-state index is 0.0710. The number of rotatable bonds is 2. The molecule has 1 aromatic rings. The van der Waals surface area contributed by atoms with Gasteiger partial charge in [0.2, 0.25) is 0 Å². The van der Waals surface area contributed by atoms with Crippen molar-refractivity contribution in [1.29, 1.82) is 0 Å². The van der Waals surface area contributed by atoms with Gasteiger partial charge in [-0.25, -0.2) is 0 Å². The monoisotopic (exact) mass is 346 g/mol. The van der Waals surface area contributed by atoms with Crippen molar-refractivity contribution in [3.8, 4) is 0 Å². The summed E-state index contributed by atoms with van der Waals surface area (Å²) >= 11 is 0. The highest BCUT2D eigenvalue weighted by Gasteiger charge is 2.50. The van der Waals surface area contributed by atoms with Gasteiger partial charge in [-0.1, -0.05) is 100 Å². The van der Waals surface area contributed by atoms with Crippen LogP contribution in [0.1, 0.15) is 71.1 Å². The van der Waals surface area contributed by atoms with Crippen LogP contribution in [-0.4, -0.2) is 0 Å². The Morgan fingerprint density at radius 3 is 2.31 bits per heavy atom. The number of hydrogen-bond donors (Lipinski definition) is 0. The van der Waals surface area contributed by atoms with Crippen molar-refractivity contribution in [3.05, 3.63) is 82.5 Å². The molecule has 1 aromatic carbocycles. The predicted molar refractivity (Wildman–Crippen MR) is 115 cm³/mol. The molecule has 0 radical (unpaired) electrons. The first-order chi connectivity index (χ1) is 12.0.